The van der Waals surface area contributed by atoms with E-state index in [2.05, 4.69) is 4.74 Å². The van der Waals surface area contributed by atoms with Crippen molar-refractivity contribution in [1.29, 1.82) is 0 Å². The Morgan fingerprint density at radius 2 is 1.50 bits per heavy atom. The summed E-state index contributed by atoms with van der Waals surface area (Å²) in [6.45, 7) is 0.740. The third-order valence-electron chi connectivity index (χ3n) is 3.85. The summed E-state index contributed by atoms with van der Waals surface area (Å²) in [4.78, 5) is 22.9. The first kappa shape index (κ1) is 17.5. The molecule has 26 heavy (non-hydrogen) atoms. The van der Waals surface area contributed by atoms with Gasteiger partial charge in [0.05, 0.1) is 7.11 Å². The molecule has 0 bridgehead atoms. The van der Waals surface area contributed by atoms with Crippen molar-refractivity contribution in [3.05, 3.63) is 72.3 Å². The van der Waals surface area contributed by atoms with E-state index in [-0.39, 0.29) is 5.56 Å². The van der Waals surface area contributed by atoms with E-state index in [1.165, 1.54) is 19.2 Å². The van der Waals surface area contributed by atoms with Crippen molar-refractivity contribution in [2.75, 3.05) is 20.3 Å². The monoisotopic (exact) mass is 350 g/mol. The minimum Gasteiger partial charge on any atom is -0.490 e. The molecule has 0 radical (unpaired) electrons. The van der Waals surface area contributed by atoms with Crippen molar-refractivity contribution in [3.8, 4) is 11.5 Å². The maximum absolute atomic E-state index is 11.7. The fraction of sp³-hybridized carbons (Fsp3) is 0.143. The van der Waals surface area contributed by atoms with Crippen molar-refractivity contribution < 1.29 is 23.8 Å². The largest absolute Gasteiger partial charge is 0.490 e. The summed E-state index contributed by atoms with van der Waals surface area (Å²) in [7, 11) is 1.17. The Morgan fingerprint density at radius 1 is 0.808 bits per heavy atom. The van der Waals surface area contributed by atoms with E-state index in [0.29, 0.717) is 19.0 Å². The van der Waals surface area contributed by atoms with E-state index >= 15 is 0 Å². The molecule has 5 heteroatoms. The molecule has 0 saturated carbocycles. The normalized spacial score (nSPS) is 10.3. The summed E-state index contributed by atoms with van der Waals surface area (Å²) in [6.07, 6.45) is 0. The topological polar surface area (TPSA) is 61.8 Å². The average Bonchev–Trinajstić information content (AvgIpc) is 2.70. The van der Waals surface area contributed by atoms with Crippen molar-refractivity contribution in [3.63, 3.8) is 0 Å². The van der Waals surface area contributed by atoms with Gasteiger partial charge in [0.15, 0.2) is 0 Å². The maximum atomic E-state index is 11.7. The molecule has 0 aliphatic heterocycles. The molecular formula is C21H18O5. The van der Waals surface area contributed by atoms with Crippen molar-refractivity contribution in [2.45, 2.75) is 0 Å². The van der Waals surface area contributed by atoms with Gasteiger partial charge >= 0.3 is 5.97 Å². The molecule has 0 aliphatic carbocycles. The first-order valence-electron chi connectivity index (χ1n) is 8.15. The highest BCUT2D eigenvalue weighted by molar-refractivity contribution is 6.40. The van der Waals surface area contributed by atoms with E-state index in [9.17, 15) is 9.59 Å². The average molecular weight is 350 g/mol. The second-order valence-corrected chi connectivity index (χ2v) is 5.52. The Hall–Kier alpha value is -3.34. The first-order chi connectivity index (χ1) is 12.7. The zero-order chi connectivity index (χ0) is 18.4. The van der Waals surface area contributed by atoms with Gasteiger partial charge in [0.25, 0.3) is 5.78 Å². The number of hydrogen-bond donors (Lipinski definition) is 0. The second-order valence-electron chi connectivity index (χ2n) is 5.52. The first-order valence-corrected chi connectivity index (χ1v) is 8.15. The number of carbonyl (C=O) groups is 2. The van der Waals surface area contributed by atoms with Gasteiger partial charge in [-0.3, -0.25) is 4.79 Å². The molecule has 0 unspecified atom stereocenters. The van der Waals surface area contributed by atoms with Crippen LogP contribution in [-0.2, 0) is 9.53 Å². The molecule has 132 valence electrons. The number of methoxy groups -OCH3 is 1. The van der Waals surface area contributed by atoms with Gasteiger partial charge in [-0.15, -0.1) is 0 Å². The number of esters is 1. The number of rotatable bonds is 7. The molecule has 0 aromatic heterocycles. The highest BCUT2D eigenvalue weighted by atomic mass is 16.5. The zero-order valence-electron chi connectivity index (χ0n) is 14.3. The lowest BCUT2D eigenvalue weighted by Gasteiger charge is -2.10. The Kier molecular flexibility index (Phi) is 5.49. The lowest BCUT2D eigenvalue weighted by molar-refractivity contribution is -0.135. The Morgan fingerprint density at radius 3 is 2.27 bits per heavy atom. The van der Waals surface area contributed by atoms with Crippen molar-refractivity contribution in [2.24, 2.45) is 0 Å². The van der Waals surface area contributed by atoms with Crippen LogP contribution in [0.25, 0.3) is 10.8 Å². The van der Waals surface area contributed by atoms with E-state index in [4.69, 9.17) is 9.47 Å². The van der Waals surface area contributed by atoms with E-state index < -0.39 is 11.8 Å². The molecule has 3 aromatic rings. The Balaban J connectivity index is 1.53. The number of fused-ring (bicyclic) bond motifs is 1. The summed E-state index contributed by atoms with van der Waals surface area (Å²) < 4.78 is 15.8. The van der Waals surface area contributed by atoms with Crippen molar-refractivity contribution >= 4 is 22.5 Å². The molecule has 0 aliphatic rings. The summed E-state index contributed by atoms with van der Waals surface area (Å²) in [5, 5.41) is 2.18. The molecule has 0 fully saturated rings. The molecule has 5 nitrogen and oxygen atoms in total. The molecule has 0 spiro atoms. The molecule has 0 atom stereocenters. The minimum atomic E-state index is -0.887. The lowest BCUT2D eigenvalue weighted by atomic mass is 10.1. The van der Waals surface area contributed by atoms with Crippen LogP contribution in [0, 0.1) is 0 Å². The van der Waals surface area contributed by atoms with Gasteiger partial charge in [0.2, 0.25) is 0 Å². The van der Waals surface area contributed by atoms with Crippen LogP contribution in [0.1, 0.15) is 10.4 Å². The van der Waals surface area contributed by atoms with Crippen LogP contribution in [0.4, 0.5) is 0 Å². The molecule has 0 saturated heterocycles. The van der Waals surface area contributed by atoms with Gasteiger partial charge in [-0.2, -0.15) is 0 Å². The number of ether oxygens (including phenoxy) is 3. The molecule has 3 aromatic carbocycles. The molecular weight excluding hydrogens is 332 g/mol. The quantitative estimate of drug-likeness (QED) is 0.282. The predicted molar refractivity (Wildman–Crippen MR) is 97.7 cm³/mol. The number of Topliss-reactive ketones (excluding diaryl/α,β-unsaturated/α-hetero) is 1. The SMILES string of the molecule is COC(=O)C(=O)c1ccc(OCCOc2cccc3ccccc23)cc1. The van der Waals surface area contributed by atoms with Gasteiger partial charge in [0.1, 0.15) is 24.7 Å². The van der Waals surface area contributed by atoms with Crippen LogP contribution in [0.3, 0.4) is 0 Å². The number of hydrogen-bond acceptors (Lipinski definition) is 5. The predicted octanol–water partition coefficient (Wildman–Crippen LogP) is 3.65. The van der Waals surface area contributed by atoms with Gasteiger partial charge in [-0.25, -0.2) is 4.79 Å². The second kappa shape index (κ2) is 8.16. The molecule has 0 N–H and O–H groups in total. The van der Waals surface area contributed by atoms with E-state index in [0.717, 1.165) is 16.5 Å². The van der Waals surface area contributed by atoms with Crippen LogP contribution < -0.4 is 9.47 Å². The van der Waals surface area contributed by atoms with Crippen LogP contribution in [0.2, 0.25) is 0 Å². The summed E-state index contributed by atoms with van der Waals surface area (Å²) >= 11 is 0. The van der Waals surface area contributed by atoms with E-state index in [1.54, 1.807) is 12.1 Å². The molecule has 0 heterocycles. The maximum Gasteiger partial charge on any atom is 0.379 e. The summed E-state index contributed by atoms with van der Waals surface area (Å²) in [6, 6.07) is 20.3. The highest BCUT2D eigenvalue weighted by Crippen LogP contribution is 2.25. The smallest absolute Gasteiger partial charge is 0.379 e. The van der Waals surface area contributed by atoms with Crippen molar-refractivity contribution in [1.82, 2.24) is 0 Å². The summed E-state index contributed by atoms with van der Waals surface area (Å²) in [5.41, 5.74) is 0.260. The van der Waals surface area contributed by atoms with Gasteiger partial charge < -0.3 is 14.2 Å². The molecule has 0 amide bonds. The van der Waals surface area contributed by atoms with Gasteiger partial charge in [-0.05, 0) is 35.7 Å². The lowest BCUT2D eigenvalue weighted by Crippen LogP contribution is -2.15. The standard InChI is InChI=1S/C21H18O5/c1-24-21(23)20(22)16-9-11-17(12-10-16)25-13-14-26-19-8-4-6-15-5-2-3-7-18(15)19/h2-12H,13-14H2,1H3. The fourth-order valence-electron chi connectivity index (χ4n) is 2.55. The zero-order valence-corrected chi connectivity index (χ0v) is 14.3. The Labute approximate surface area is 151 Å². The fourth-order valence-corrected chi connectivity index (χ4v) is 2.55. The number of carbonyl (C=O) groups excluding carboxylic acids is 2. The number of ketones is 1. The van der Waals surface area contributed by atoms with Crippen LogP contribution in [-0.4, -0.2) is 32.1 Å². The van der Waals surface area contributed by atoms with Crippen LogP contribution in [0.5, 0.6) is 11.5 Å². The third-order valence-corrected chi connectivity index (χ3v) is 3.85. The number of benzene rings is 3. The minimum absolute atomic E-state index is 0.260. The van der Waals surface area contributed by atoms with Crippen LogP contribution in [0.15, 0.2) is 66.7 Å². The van der Waals surface area contributed by atoms with E-state index in [1.807, 2.05) is 42.5 Å². The van der Waals surface area contributed by atoms with Crippen LogP contribution >= 0.6 is 0 Å². The molecule has 3 rings (SSSR count). The third kappa shape index (κ3) is 4.00. The van der Waals surface area contributed by atoms with Gasteiger partial charge in [0, 0.05) is 10.9 Å². The summed E-state index contributed by atoms with van der Waals surface area (Å²) in [5.74, 6) is -0.167. The van der Waals surface area contributed by atoms with Gasteiger partial charge in [-0.1, -0.05) is 36.4 Å². The highest BCUT2D eigenvalue weighted by Gasteiger charge is 2.16. The Bertz CT molecular complexity index is 910.